The Bertz CT molecular complexity index is 784. The third-order valence-electron chi connectivity index (χ3n) is 4.43. The van der Waals surface area contributed by atoms with Gasteiger partial charge in [-0.25, -0.2) is 4.98 Å². The zero-order valence-electron chi connectivity index (χ0n) is 16.3. The topological polar surface area (TPSA) is 83.6 Å². The fourth-order valence-corrected chi connectivity index (χ4v) is 4.15. The highest BCUT2D eigenvalue weighted by atomic mass is 32.1. The lowest BCUT2D eigenvalue weighted by Gasteiger charge is -2.36. The van der Waals surface area contributed by atoms with Crippen LogP contribution in [0.15, 0.2) is 35.8 Å². The Balaban J connectivity index is 1.60. The Morgan fingerprint density at radius 2 is 2.04 bits per heavy atom. The van der Waals surface area contributed by atoms with Gasteiger partial charge in [0.25, 0.3) is 0 Å². The number of thiophene rings is 1. The molecule has 28 heavy (non-hydrogen) atoms. The molecule has 0 spiro atoms. The third-order valence-corrected chi connectivity index (χ3v) is 5.41. The van der Waals surface area contributed by atoms with Crippen LogP contribution in [0.5, 0.6) is 0 Å². The molecule has 0 bridgehead atoms. The number of anilines is 2. The average Bonchev–Trinajstić information content (AvgIpc) is 3.15. The van der Waals surface area contributed by atoms with E-state index in [1.165, 1.54) is 18.3 Å². The first kappa shape index (κ1) is 20.3. The summed E-state index contributed by atoms with van der Waals surface area (Å²) in [6.45, 7) is 7.14. The van der Waals surface area contributed by atoms with Crippen molar-refractivity contribution in [2.24, 2.45) is 0 Å². The maximum absolute atomic E-state index is 12.5. The second-order valence-corrected chi connectivity index (χ2v) is 8.07. The summed E-state index contributed by atoms with van der Waals surface area (Å²) in [5.74, 6) is 0.538. The van der Waals surface area contributed by atoms with E-state index in [9.17, 15) is 9.59 Å². The molecule has 2 amide bonds. The standard InChI is InChI=1S/C20H26N4O3S/c1-13-11-24(12-14(2)27-13)19-7-6-16(10-21-19)23-20(26)9-17(22-15(3)25)18-5-4-8-28-18/h4-8,10,13-14,17H,9,11-12H2,1-3H3,(H,22,25)(H,23,26)/t13-,14-,17+/m0/s1. The van der Waals surface area contributed by atoms with Gasteiger partial charge in [-0.15, -0.1) is 11.3 Å². The van der Waals surface area contributed by atoms with Crippen molar-refractivity contribution in [1.29, 1.82) is 0 Å². The summed E-state index contributed by atoms with van der Waals surface area (Å²) in [7, 11) is 0. The van der Waals surface area contributed by atoms with E-state index in [0.29, 0.717) is 5.69 Å². The van der Waals surface area contributed by atoms with E-state index < -0.39 is 0 Å². The van der Waals surface area contributed by atoms with Crippen molar-refractivity contribution in [3.8, 4) is 0 Å². The van der Waals surface area contributed by atoms with E-state index in [4.69, 9.17) is 4.74 Å². The predicted octanol–water partition coefficient (Wildman–Crippen LogP) is 2.96. The van der Waals surface area contributed by atoms with Gasteiger partial charge in [0.05, 0.1) is 36.6 Å². The fourth-order valence-electron chi connectivity index (χ4n) is 3.37. The summed E-state index contributed by atoms with van der Waals surface area (Å²) in [6.07, 6.45) is 2.15. The number of ether oxygens (including phenoxy) is 1. The van der Waals surface area contributed by atoms with E-state index >= 15 is 0 Å². The number of hydrogen-bond acceptors (Lipinski definition) is 6. The summed E-state index contributed by atoms with van der Waals surface area (Å²) >= 11 is 1.52. The minimum atomic E-state index is -0.332. The summed E-state index contributed by atoms with van der Waals surface area (Å²) in [6, 6.07) is 7.25. The van der Waals surface area contributed by atoms with Crippen LogP contribution in [0.4, 0.5) is 11.5 Å². The smallest absolute Gasteiger partial charge is 0.226 e. The Labute approximate surface area is 169 Å². The molecule has 0 radical (unpaired) electrons. The van der Waals surface area contributed by atoms with Gasteiger partial charge in [-0.1, -0.05) is 6.07 Å². The van der Waals surface area contributed by atoms with Gasteiger partial charge in [-0.3, -0.25) is 9.59 Å². The molecule has 0 unspecified atom stereocenters. The van der Waals surface area contributed by atoms with Gasteiger partial charge < -0.3 is 20.3 Å². The SMILES string of the molecule is CC(=O)N[C@H](CC(=O)Nc1ccc(N2C[C@H](C)O[C@@H](C)C2)nc1)c1cccs1. The molecule has 3 heterocycles. The van der Waals surface area contributed by atoms with Crippen LogP contribution in [0, 0.1) is 0 Å². The van der Waals surface area contributed by atoms with E-state index in [0.717, 1.165) is 23.8 Å². The monoisotopic (exact) mass is 402 g/mol. The largest absolute Gasteiger partial charge is 0.372 e. The van der Waals surface area contributed by atoms with Gasteiger partial charge in [-0.05, 0) is 37.4 Å². The molecule has 2 aromatic rings. The molecule has 7 nitrogen and oxygen atoms in total. The molecule has 0 aliphatic carbocycles. The van der Waals surface area contributed by atoms with Crippen molar-refractivity contribution in [3.05, 3.63) is 40.7 Å². The highest BCUT2D eigenvalue weighted by molar-refractivity contribution is 7.10. The molecular formula is C20H26N4O3S. The first-order valence-corrected chi connectivity index (χ1v) is 10.3. The first-order chi connectivity index (χ1) is 13.4. The van der Waals surface area contributed by atoms with Gasteiger partial charge >= 0.3 is 0 Å². The van der Waals surface area contributed by atoms with Crippen molar-refractivity contribution in [3.63, 3.8) is 0 Å². The molecule has 3 rings (SSSR count). The Hall–Kier alpha value is -2.45. The van der Waals surface area contributed by atoms with Crippen molar-refractivity contribution < 1.29 is 14.3 Å². The quantitative estimate of drug-likeness (QED) is 0.776. The summed E-state index contributed by atoms with van der Waals surface area (Å²) in [5, 5.41) is 7.63. The molecule has 1 saturated heterocycles. The highest BCUT2D eigenvalue weighted by Gasteiger charge is 2.23. The lowest BCUT2D eigenvalue weighted by molar-refractivity contribution is -0.120. The molecule has 1 aliphatic heterocycles. The van der Waals surface area contributed by atoms with E-state index in [2.05, 4.69) is 34.4 Å². The minimum Gasteiger partial charge on any atom is -0.372 e. The van der Waals surface area contributed by atoms with E-state index in [-0.39, 0.29) is 36.5 Å². The summed E-state index contributed by atoms with van der Waals surface area (Å²) in [4.78, 5) is 31.6. The van der Waals surface area contributed by atoms with Crippen LogP contribution < -0.4 is 15.5 Å². The minimum absolute atomic E-state index is 0.160. The van der Waals surface area contributed by atoms with Crippen LogP contribution in [-0.4, -0.2) is 42.1 Å². The van der Waals surface area contributed by atoms with Crippen LogP contribution in [0.2, 0.25) is 0 Å². The van der Waals surface area contributed by atoms with Crippen LogP contribution >= 0.6 is 11.3 Å². The molecule has 2 aromatic heterocycles. The number of morpholine rings is 1. The molecule has 0 aromatic carbocycles. The maximum atomic E-state index is 12.5. The Morgan fingerprint density at radius 3 is 2.61 bits per heavy atom. The molecule has 1 fully saturated rings. The van der Waals surface area contributed by atoms with Crippen LogP contribution in [0.25, 0.3) is 0 Å². The van der Waals surface area contributed by atoms with Crippen LogP contribution in [0.1, 0.15) is 38.1 Å². The normalized spacial score (nSPS) is 20.5. The van der Waals surface area contributed by atoms with Crippen LogP contribution in [0.3, 0.4) is 0 Å². The van der Waals surface area contributed by atoms with Gasteiger partial charge in [0.15, 0.2) is 0 Å². The van der Waals surface area contributed by atoms with Gasteiger partial charge in [0, 0.05) is 24.9 Å². The number of aromatic nitrogens is 1. The third kappa shape index (κ3) is 5.53. The second-order valence-electron chi connectivity index (χ2n) is 7.09. The molecular weight excluding hydrogens is 376 g/mol. The molecule has 8 heteroatoms. The summed E-state index contributed by atoms with van der Waals surface area (Å²) in [5.41, 5.74) is 0.635. The lowest BCUT2D eigenvalue weighted by atomic mass is 10.1. The predicted molar refractivity (Wildman–Crippen MR) is 111 cm³/mol. The van der Waals surface area contributed by atoms with Crippen LogP contribution in [-0.2, 0) is 14.3 Å². The molecule has 0 saturated carbocycles. The van der Waals surface area contributed by atoms with E-state index in [1.54, 1.807) is 6.20 Å². The van der Waals surface area contributed by atoms with Gasteiger partial charge in [-0.2, -0.15) is 0 Å². The molecule has 1 aliphatic rings. The number of hydrogen-bond donors (Lipinski definition) is 2. The average molecular weight is 403 g/mol. The zero-order valence-corrected chi connectivity index (χ0v) is 17.2. The number of carbonyl (C=O) groups is 2. The first-order valence-electron chi connectivity index (χ1n) is 9.37. The van der Waals surface area contributed by atoms with Crippen molar-refractivity contribution >= 4 is 34.7 Å². The number of rotatable bonds is 6. The highest BCUT2D eigenvalue weighted by Crippen LogP contribution is 2.23. The van der Waals surface area contributed by atoms with Crippen molar-refractivity contribution in [2.75, 3.05) is 23.3 Å². The fraction of sp³-hybridized carbons (Fsp3) is 0.450. The molecule has 150 valence electrons. The van der Waals surface area contributed by atoms with Crippen molar-refractivity contribution in [2.45, 2.75) is 45.4 Å². The number of amides is 2. The molecule has 2 N–H and O–H groups in total. The lowest BCUT2D eigenvalue weighted by Crippen LogP contribution is -2.45. The van der Waals surface area contributed by atoms with E-state index in [1.807, 2.05) is 29.6 Å². The maximum Gasteiger partial charge on any atom is 0.226 e. The van der Waals surface area contributed by atoms with Crippen molar-refractivity contribution in [1.82, 2.24) is 10.3 Å². The Kier molecular flexibility index (Phi) is 6.64. The number of carbonyl (C=O) groups excluding carboxylic acids is 2. The molecule has 3 atom stereocenters. The second kappa shape index (κ2) is 9.16. The van der Waals surface area contributed by atoms with Gasteiger partial charge in [0.1, 0.15) is 5.82 Å². The Morgan fingerprint density at radius 1 is 1.29 bits per heavy atom. The zero-order chi connectivity index (χ0) is 20.1. The summed E-state index contributed by atoms with van der Waals surface area (Å²) < 4.78 is 5.75. The number of nitrogens with zero attached hydrogens (tertiary/aromatic N) is 2. The number of pyridine rings is 1. The van der Waals surface area contributed by atoms with Gasteiger partial charge in [0.2, 0.25) is 11.8 Å². The number of nitrogens with one attached hydrogen (secondary N) is 2.